The molecule has 0 unspecified atom stereocenters. The van der Waals surface area contributed by atoms with Gasteiger partial charge in [0, 0.05) is 12.1 Å². The van der Waals surface area contributed by atoms with E-state index in [1.54, 1.807) is 0 Å². The Labute approximate surface area is 169 Å². The molecule has 3 rings (SSSR count). The fourth-order valence-corrected chi connectivity index (χ4v) is 5.56. The van der Waals surface area contributed by atoms with Gasteiger partial charge in [0.1, 0.15) is 0 Å². The van der Waals surface area contributed by atoms with Crippen molar-refractivity contribution in [2.75, 3.05) is 22.6 Å². The third kappa shape index (κ3) is 5.81. The van der Waals surface area contributed by atoms with Gasteiger partial charge >= 0.3 is 0 Å². The lowest BCUT2D eigenvalue weighted by Gasteiger charge is -2.10. The molecule has 1 amide bonds. The van der Waals surface area contributed by atoms with Crippen LogP contribution in [0.1, 0.15) is 44.1 Å². The number of hydrogen-bond donors (Lipinski definition) is 1. The van der Waals surface area contributed by atoms with Crippen molar-refractivity contribution < 1.29 is 17.6 Å². The molecule has 2 aromatic rings. The fourth-order valence-electron chi connectivity index (χ4n) is 3.11. The highest BCUT2D eigenvalue weighted by Gasteiger charge is 2.29. The summed E-state index contributed by atoms with van der Waals surface area (Å²) in [5.41, 5.74) is 2.01. The van der Waals surface area contributed by atoms with Gasteiger partial charge in [-0.05, 0) is 42.4 Å². The van der Waals surface area contributed by atoms with Gasteiger partial charge in [-0.2, -0.15) is 0 Å². The van der Waals surface area contributed by atoms with Crippen molar-refractivity contribution in [1.82, 2.24) is 10.2 Å². The molecule has 1 aliphatic heterocycles. The molecule has 0 spiro atoms. The van der Waals surface area contributed by atoms with Gasteiger partial charge in [-0.25, -0.2) is 8.42 Å². The molecule has 1 fully saturated rings. The van der Waals surface area contributed by atoms with Crippen molar-refractivity contribution in [2.45, 2.75) is 44.3 Å². The molecule has 1 N–H and O–H groups in total. The predicted molar refractivity (Wildman–Crippen MR) is 109 cm³/mol. The SMILES string of the molecule is CC[C@@H](C)c1ccc(NC(=O)CSc2nnc(C[C@@H]3CCS(=O)(=O)C3)o2)cc1. The zero-order valence-electron chi connectivity index (χ0n) is 16.1. The van der Waals surface area contributed by atoms with Crippen LogP contribution in [0.3, 0.4) is 0 Å². The van der Waals surface area contributed by atoms with Crippen molar-refractivity contribution >= 4 is 33.2 Å². The molecule has 9 heteroatoms. The van der Waals surface area contributed by atoms with Crippen LogP contribution in [0.15, 0.2) is 33.9 Å². The molecule has 7 nitrogen and oxygen atoms in total. The number of benzene rings is 1. The normalized spacial score (nSPS) is 19.4. The summed E-state index contributed by atoms with van der Waals surface area (Å²) in [6.45, 7) is 4.32. The van der Waals surface area contributed by atoms with Crippen LogP contribution >= 0.6 is 11.8 Å². The van der Waals surface area contributed by atoms with E-state index in [1.165, 1.54) is 17.3 Å². The van der Waals surface area contributed by atoms with Crippen LogP contribution in [0.2, 0.25) is 0 Å². The quantitative estimate of drug-likeness (QED) is 0.650. The Morgan fingerprint density at radius 3 is 2.71 bits per heavy atom. The van der Waals surface area contributed by atoms with Crippen LogP contribution in [0.25, 0.3) is 0 Å². The van der Waals surface area contributed by atoms with Gasteiger partial charge in [-0.1, -0.05) is 37.7 Å². The number of aromatic nitrogens is 2. The molecule has 1 aliphatic rings. The van der Waals surface area contributed by atoms with E-state index in [0.29, 0.717) is 29.9 Å². The Bertz CT molecular complexity index is 910. The van der Waals surface area contributed by atoms with Crippen molar-refractivity contribution in [3.8, 4) is 0 Å². The average Bonchev–Trinajstić information content (AvgIpc) is 3.25. The van der Waals surface area contributed by atoms with E-state index in [2.05, 4.69) is 29.4 Å². The molecule has 1 aromatic carbocycles. The number of thioether (sulfide) groups is 1. The summed E-state index contributed by atoms with van der Waals surface area (Å²) < 4.78 is 28.6. The van der Waals surface area contributed by atoms with Gasteiger partial charge in [0.25, 0.3) is 5.22 Å². The molecule has 0 radical (unpaired) electrons. The number of anilines is 1. The Morgan fingerprint density at radius 2 is 2.07 bits per heavy atom. The van der Waals surface area contributed by atoms with Gasteiger partial charge in [0.05, 0.1) is 17.3 Å². The zero-order valence-corrected chi connectivity index (χ0v) is 17.7. The Balaban J connectivity index is 1.45. The molecule has 1 saturated heterocycles. The second-order valence-electron chi connectivity index (χ2n) is 7.20. The summed E-state index contributed by atoms with van der Waals surface area (Å²) in [5.74, 6) is 1.36. The molecule has 0 saturated carbocycles. The standard InChI is InChI=1S/C19H25N3O4S2/c1-3-13(2)15-4-6-16(7-5-15)20-17(23)11-27-19-22-21-18(26-19)10-14-8-9-28(24,25)12-14/h4-7,13-14H,3,8-12H2,1-2H3,(H,20,23)/t13-,14+/m1/s1. The summed E-state index contributed by atoms with van der Waals surface area (Å²) >= 11 is 1.17. The summed E-state index contributed by atoms with van der Waals surface area (Å²) in [6, 6.07) is 7.88. The van der Waals surface area contributed by atoms with E-state index in [4.69, 9.17) is 4.42 Å². The minimum atomic E-state index is -2.92. The first kappa shape index (κ1) is 20.9. The highest BCUT2D eigenvalue weighted by atomic mass is 32.2. The van der Waals surface area contributed by atoms with E-state index < -0.39 is 9.84 Å². The first-order valence-corrected chi connectivity index (χ1v) is 12.2. The van der Waals surface area contributed by atoms with Crippen LogP contribution in [0.5, 0.6) is 0 Å². The van der Waals surface area contributed by atoms with Crippen molar-refractivity contribution in [1.29, 1.82) is 0 Å². The average molecular weight is 424 g/mol. The molecule has 2 atom stereocenters. The van der Waals surface area contributed by atoms with Crippen LogP contribution in [0, 0.1) is 5.92 Å². The Kier molecular flexibility index (Phi) is 6.77. The molecule has 0 bridgehead atoms. The number of amides is 1. The zero-order chi connectivity index (χ0) is 20.1. The molecule has 0 aliphatic carbocycles. The van der Waals surface area contributed by atoms with Crippen LogP contribution in [0.4, 0.5) is 5.69 Å². The maximum absolute atomic E-state index is 12.1. The topological polar surface area (TPSA) is 102 Å². The number of nitrogens with zero attached hydrogens (tertiary/aromatic N) is 2. The van der Waals surface area contributed by atoms with E-state index in [0.717, 1.165) is 12.1 Å². The Morgan fingerprint density at radius 1 is 1.32 bits per heavy atom. The van der Waals surface area contributed by atoms with Crippen molar-refractivity contribution in [3.05, 3.63) is 35.7 Å². The first-order valence-electron chi connectivity index (χ1n) is 9.40. The summed E-state index contributed by atoms with van der Waals surface area (Å²) in [4.78, 5) is 12.1. The fraction of sp³-hybridized carbons (Fsp3) is 0.526. The molecule has 1 aromatic heterocycles. The van der Waals surface area contributed by atoms with Gasteiger partial charge < -0.3 is 9.73 Å². The third-order valence-electron chi connectivity index (χ3n) is 4.94. The largest absolute Gasteiger partial charge is 0.416 e. The summed E-state index contributed by atoms with van der Waals surface area (Å²) in [5, 5.41) is 11.1. The maximum Gasteiger partial charge on any atom is 0.277 e. The van der Waals surface area contributed by atoms with E-state index >= 15 is 0 Å². The highest BCUT2D eigenvalue weighted by Crippen LogP contribution is 2.24. The minimum absolute atomic E-state index is 0.0324. The van der Waals surface area contributed by atoms with E-state index in [-0.39, 0.29) is 29.1 Å². The van der Waals surface area contributed by atoms with Crippen LogP contribution in [-0.4, -0.2) is 41.8 Å². The molecular formula is C19H25N3O4S2. The number of hydrogen-bond acceptors (Lipinski definition) is 7. The number of sulfone groups is 1. The highest BCUT2D eigenvalue weighted by molar-refractivity contribution is 7.99. The van der Waals surface area contributed by atoms with Crippen LogP contribution in [-0.2, 0) is 21.1 Å². The monoisotopic (exact) mass is 423 g/mol. The maximum atomic E-state index is 12.1. The van der Waals surface area contributed by atoms with Crippen molar-refractivity contribution in [3.63, 3.8) is 0 Å². The lowest BCUT2D eigenvalue weighted by molar-refractivity contribution is -0.113. The lowest BCUT2D eigenvalue weighted by atomic mass is 9.99. The number of carbonyl (C=O) groups is 1. The molecule has 152 valence electrons. The second-order valence-corrected chi connectivity index (χ2v) is 10.4. The first-order chi connectivity index (χ1) is 13.3. The second kappa shape index (κ2) is 9.09. The minimum Gasteiger partial charge on any atom is -0.416 e. The number of carbonyl (C=O) groups excluding carboxylic acids is 1. The predicted octanol–water partition coefficient (Wildman–Crippen LogP) is 3.29. The molecule has 28 heavy (non-hydrogen) atoms. The van der Waals surface area contributed by atoms with Gasteiger partial charge in [0.2, 0.25) is 11.8 Å². The Hall–Kier alpha value is -1.87. The number of nitrogens with one attached hydrogen (secondary N) is 1. The van der Waals surface area contributed by atoms with Gasteiger partial charge in [0.15, 0.2) is 9.84 Å². The molecular weight excluding hydrogens is 398 g/mol. The number of rotatable bonds is 8. The smallest absolute Gasteiger partial charge is 0.277 e. The van der Waals surface area contributed by atoms with Crippen LogP contribution < -0.4 is 5.32 Å². The lowest BCUT2D eigenvalue weighted by Crippen LogP contribution is -2.14. The third-order valence-corrected chi connectivity index (χ3v) is 7.60. The molecule has 2 heterocycles. The van der Waals surface area contributed by atoms with Crippen molar-refractivity contribution in [2.24, 2.45) is 5.92 Å². The van der Waals surface area contributed by atoms with Gasteiger partial charge in [-0.3, -0.25) is 4.79 Å². The summed E-state index contributed by atoms with van der Waals surface area (Å²) in [7, 11) is -2.92. The van der Waals surface area contributed by atoms with Gasteiger partial charge in [-0.15, -0.1) is 10.2 Å². The van der Waals surface area contributed by atoms with E-state index in [1.807, 2.05) is 24.3 Å². The van der Waals surface area contributed by atoms with E-state index in [9.17, 15) is 13.2 Å². The summed E-state index contributed by atoms with van der Waals surface area (Å²) in [6.07, 6.45) is 2.16.